The minimum atomic E-state index is -3.70. The highest BCUT2D eigenvalue weighted by Crippen LogP contribution is 2.47. The first-order chi connectivity index (χ1) is 11.3. The Morgan fingerprint density at radius 2 is 2.12 bits per heavy atom. The molecule has 0 bridgehead atoms. The summed E-state index contributed by atoms with van der Waals surface area (Å²) in [5.74, 6) is -0.0889. The first-order valence-electron chi connectivity index (χ1n) is 7.44. The number of anilines is 1. The molecule has 1 aromatic carbocycles. The van der Waals surface area contributed by atoms with Crippen molar-refractivity contribution in [2.24, 2.45) is 0 Å². The van der Waals surface area contributed by atoms with E-state index in [2.05, 4.69) is 14.8 Å². The van der Waals surface area contributed by atoms with Crippen molar-refractivity contribution in [1.29, 1.82) is 0 Å². The van der Waals surface area contributed by atoms with E-state index in [0.717, 1.165) is 6.42 Å². The van der Waals surface area contributed by atoms with E-state index >= 15 is 0 Å². The fourth-order valence-electron chi connectivity index (χ4n) is 3.27. The Bertz CT molecular complexity index is 744. The maximum Gasteiger partial charge on any atom is 0.586 e. The summed E-state index contributed by atoms with van der Waals surface area (Å²) in [5, 5.41) is 2.66. The van der Waals surface area contributed by atoms with Gasteiger partial charge in [-0.1, -0.05) is 0 Å². The Morgan fingerprint density at radius 1 is 1.38 bits per heavy atom. The lowest BCUT2D eigenvalue weighted by atomic mass is 10.2. The molecule has 6 nitrogen and oxygen atoms in total. The van der Waals surface area contributed by atoms with Crippen molar-refractivity contribution < 1.29 is 27.8 Å². The minimum Gasteiger partial charge on any atom is -0.395 e. The summed E-state index contributed by atoms with van der Waals surface area (Å²) in [5.41, 5.74) is 0.310. The van der Waals surface area contributed by atoms with Crippen molar-refractivity contribution >= 4 is 29.3 Å². The van der Waals surface area contributed by atoms with E-state index < -0.39 is 12.3 Å². The van der Waals surface area contributed by atoms with Crippen LogP contribution in [0.15, 0.2) is 18.2 Å². The number of carbonyl (C=O) groups excluding carboxylic acids is 2. The predicted molar refractivity (Wildman–Crippen MR) is 82.0 cm³/mol. The average Bonchev–Trinajstić information content (AvgIpc) is 3.09. The van der Waals surface area contributed by atoms with E-state index in [1.165, 1.54) is 18.2 Å². The Balaban J connectivity index is 1.51. The fraction of sp³-hybridized carbons (Fsp3) is 0.467. The molecule has 24 heavy (non-hydrogen) atoms. The van der Waals surface area contributed by atoms with E-state index in [4.69, 9.17) is 0 Å². The van der Waals surface area contributed by atoms with Crippen molar-refractivity contribution in [2.75, 3.05) is 11.1 Å². The lowest BCUT2D eigenvalue weighted by molar-refractivity contribution is -0.286. The van der Waals surface area contributed by atoms with Gasteiger partial charge in [-0.2, -0.15) is 0 Å². The monoisotopic (exact) mass is 356 g/mol. The van der Waals surface area contributed by atoms with E-state index in [-0.39, 0.29) is 28.2 Å². The van der Waals surface area contributed by atoms with Gasteiger partial charge in [-0.3, -0.25) is 9.59 Å². The third-order valence-electron chi connectivity index (χ3n) is 4.42. The largest absolute Gasteiger partial charge is 0.586 e. The summed E-state index contributed by atoms with van der Waals surface area (Å²) in [7, 11) is 0. The van der Waals surface area contributed by atoms with Gasteiger partial charge >= 0.3 is 6.29 Å². The third-order valence-corrected chi connectivity index (χ3v) is 5.92. The van der Waals surface area contributed by atoms with Crippen LogP contribution in [0.1, 0.15) is 19.8 Å². The van der Waals surface area contributed by atoms with Crippen LogP contribution in [0.3, 0.4) is 0 Å². The van der Waals surface area contributed by atoms with E-state index in [1.807, 2.05) is 6.92 Å². The summed E-state index contributed by atoms with van der Waals surface area (Å²) in [4.78, 5) is 25.9. The highest BCUT2D eigenvalue weighted by atomic mass is 32.2. The number of carbonyl (C=O) groups is 2. The number of nitrogens with one attached hydrogen (secondary N) is 1. The Kier molecular flexibility index (Phi) is 3.22. The Labute approximate surface area is 140 Å². The van der Waals surface area contributed by atoms with Crippen LogP contribution < -0.4 is 14.8 Å². The number of halogens is 2. The number of ether oxygens (including phenoxy) is 2. The van der Waals surface area contributed by atoms with Crippen LogP contribution in [-0.4, -0.2) is 39.7 Å². The van der Waals surface area contributed by atoms with Crippen molar-refractivity contribution in [3.8, 4) is 11.5 Å². The van der Waals surface area contributed by atoms with Crippen LogP contribution in [0.25, 0.3) is 0 Å². The summed E-state index contributed by atoms with van der Waals surface area (Å²) >= 11 is 1.59. The summed E-state index contributed by atoms with van der Waals surface area (Å²) in [6, 6.07) is 3.47. The van der Waals surface area contributed by atoms with Crippen LogP contribution in [0, 0.1) is 0 Å². The zero-order chi connectivity index (χ0) is 17.1. The lowest BCUT2D eigenvalue weighted by Gasteiger charge is -2.29. The number of thioether (sulfide) groups is 1. The molecule has 1 N–H and O–H groups in total. The number of rotatable bonds is 2. The molecule has 4 rings (SSSR count). The molecule has 3 aliphatic heterocycles. The highest BCUT2D eigenvalue weighted by molar-refractivity contribution is 8.01. The topological polar surface area (TPSA) is 67.9 Å². The molecule has 9 heteroatoms. The molecule has 0 radical (unpaired) electrons. The second-order valence-corrected chi connectivity index (χ2v) is 7.59. The van der Waals surface area contributed by atoms with Gasteiger partial charge in [0.05, 0.1) is 4.87 Å². The molecule has 0 aliphatic carbocycles. The number of amides is 2. The molecule has 0 aromatic heterocycles. The van der Waals surface area contributed by atoms with Crippen LogP contribution in [0.2, 0.25) is 0 Å². The normalized spacial score (nSPS) is 29.7. The van der Waals surface area contributed by atoms with Gasteiger partial charge in [0.1, 0.15) is 6.04 Å². The quantitative estimate of drug-likeness (QED) is 0.881. The van der Waals surface area contributed by atoms with Crippen molar-refractivity contribution in [1.82, 2.24) is 4.90 Å². The van der Waals surface area contributed by atoms with E-state index in [0.29, 0.717) is 17.9 Å². The third kappa shape index (κ3) is 2.38. The second kappa shape index (κ2) is 4.98. The van der Waals surface area contributed by atoms with Gasteiger partial charge in [-0.05, 0) is 25.5 Å². The molecule has 3 aliphatic rings. The van der Waals surface area contributed by atoms with Crippen molar-refractivity contribution in [3.63, 3.8) is 0 Å². The maximum absolute atomic E-state index is 13.0. The van der Waals surface area contributed by atoms with Crippen LogP contribution in [0.4, 0.5) is 14.5 Å². The van der Waals surface area contributed by atoms with E-state index in [1.54, 1.807) is 16.7 Å². The first kappa shape index (κ1) is 15.5. The molecule has 1 aromatic rings. The molecule has 2 amide bonds. The smallest absolute Gasteiger partial charge is 0.395 e. The van der Waals surface area contributed by atoms with Gasteiger partial charge in [0.15, 0.2) is 11.5 Å². The van der Waals surface area contributed by atoms with Gasteiger partial charge in [0.2, 0.25) is 11.8 Å². The molecular formula is C15H14F2N2O4S. The number of hydrogen-bond donors (Lipinski definition) is 1. The summed E-state index contributed by atoms with van der Waals surface area (Å²) in [6.45, 7) is 1.96. The van der Waals surface area contributed by atoms with Gasteiger partial charge in [-0.15, -0.1) is 20.5 Å². The first-order valence-corrected chi connectivity index (χ1v) is 8.43. The molecule has 0 saturated carbocycles. The molecular weight excluding hydrogens is 342 g/mol. The molecule has 2 atom stereocenters. The zero-order valence-electron chi connectivity index (χ0n) is 12.7. The molecule has 3 heterocycles. The Hall–Kier alpha value is -2.03. The summed E-state index contributed by atoms with van der Waals surface area (Å²) < 4.78 is 34.7. The Morgan fingerprint density at radius 3 is 2.92 bits per heavy atom. The van der Waals surface area contributed by atoms with Gasteiger partial charge in [0.25, 0.3) is 0 Å². The summed E-state index contributed by atoms with van der Waals surface area (Å²) in [6.07, 6.45) is -2.54. The molecule has 128 valence electrons. The average molecular weight is 356 g/mol. The number of fused-ring (bicyclic) bond motifs is 2. The molecule has 2 fully saturated rings. The fourth-order valence-corrected chi connectivity index (χ4v) is 4.70. The van der Waals surface area contributed by atoms with Crippen molar-refractivity contribution in [3.05, 3.63) is 18.2 Å². The molecule has 0 spiro atoms. The molecule has 2 saturated heterocycles. The van der Waals surface area contributed by atoms with Crippen LogP contribution in [0.5, 0.6) is 11.5 Å². The number of hydrogen-bond acceptors (Lipinski definition) is 5. The van der Waals surface area contributed by atoms with Crippen molar-refractivity contribution in [2.45, 2.75) is 37.0 Å². The highest BCUT2D eigenvalue weighted by Gasteiger charge is 2.53. The second-order valence-electron chi connectivity index (χ2n) is 6.08. The number of alkyl halides is 2. The predicted octanol–water partition coefficient (Wildman–Crippen LogP) is 2.40. The minimum absolute atomic E-state index is 0.0343. The SMILES string of the molecule is C[C@]12CCC(=O)N1[C@@H](C(=O)Nc1ccc3c(c1)OC(F)(F)O3)CS2. The maximum atomic E-state index is 13.0. The van der Waals surface area contributed by atoms with Gasteiger partial charge in [0, 0.05) is 23.9 Å². The number of nitrogens with zero attached hydrogens (tertiary/aromatic N) is 1. The molecule has 0 unspecified atom stereocenters. The van der Waals surface area contributed by atoms with Crippen LogP contribution >= 0.6 is 11.8 Å². The van der Waals surface area contributed by atoms with E-state index in [9.17, 15) is 18.4 Å². The standard InChI is InChI=1S/C15H14F2N2O4S/c1-14-5-4-12(20)19(14)9(7-24-14)13(21)18-8-2-3-10-11(6-8)23-15(16,17)22-10/h2-3,6,9H,4-5,7H2,1H3,(H,18,21)/t9-,14+/m1/s1. The number of benzene rings is 1. The lowest BCUT2D eigenvalue weighted by Crippen LogP contribution is -2.48. The van der Waals surface area contributed by atoms with Crippen LogP contribution in [-0.2, 0) is 9.59 Å². The van der Waals surface area contributed by atoms with Gasteiger partial charge < -0.3 is 19.7 Å². The zero-order valence-corrected chi connectivity index (χ0v) is 13.5. The van der Waals surface area contributed by atoms with Gasteiger partial charge in [-0.25, -0.2) is 0 Å².